The van der Waals surface area contributed by atoms with Crippen molar-refractivity contribution in [2.24, 2.45) is 5.73 Å². The van der Waals surface area contributed by atoms with Crippen LogP contribution in [-0.2, 0) is 0 Å². The van der Waals surface area contributed by atoms with Crippen LogP contribution in [0.2, 0.25) is 0 Å². The second-order valence-electron chi connectivity index (χ2n) is 4.73. The Balaban J connectivity index is 2.00. The Morgan fingerprint density at radius 2 is 2.19 bits per heavy atom. The number of rotatable bonds is 2. The van der Waals surface area contributed by atoms with Crippen molar-refractivity contribution in [2.45, 2.75) is 44.7 Å². The third kappa shape index (κ3) is 2.73. The van der Waals surface area contributed by atoms with Crippen molar-refractivity contribution in [1.29, 1.82) is 0 Å². The first kappa shape index (κ1) is 11.4. The number of nitrogens with two attached hydrogens (primary N) is 1. The van der Waals surface area contributed by atoms with Gasteiger partial charge in [0.2, 0.25) is 0 Å². The minimum Gasteiger partial charge on any atom is -0.382 e. The maximum atomic E-state index is 13.3. The molecule has 2 atom stereocenters. The Labute approximate surface area is 96.0 Å². The lowest BCUT2D eigenvalue weighted by Gasteiger charge is -2.28. The predicted molar refractivity (Wildman–Crippen MR) is 65.0 cm³/mol. The quantitative estimate of drug-likeness (QED) is 0.807. The molecule has 0 amide bonds. The van der Waals surface area contributed by atoms with Gasteiger partial charge in [0.25, 0.3) is 0 Å². The molecule has 1 aliphatic rings. The second-order valence-corrected chi connectivity index (χ2v) is 4.73. The molecular formula is C13H19FN2. The highest BCUT2D eigenvalue weighted by Crippen LogP contribution is 2.22. The summed E-state index contributed by atoms with van der Waals surface area (Å²) in [7, 11) is 0. The Morgan fingerprint density at radius 3 is 2.88 bits per heavy atom. The zero-order valence-corrected chi connectivity index (χ0v) is 9.67. The van der Waals surface area contributed by atoms with Gasteiger partial charge in [-0.15, -0.1) is 0 Å². The summed E-state index contributed by atoms with van der Waals surface area (Å²) in [4.78, 5) is 0. The fourth-order valence-electron chi connectivity index (χ4n) is 2.28. The largest absolute Gasteiger partial charge is 0.382 e. The van der Waals surface area contributed by atoms with Gasteiger partial charge in [-0.25, -0.2) is 4.39 Å². The van der Waals surface area contributed by atoms with Crippen LogP contribution in [0.15, 0.2) is 18.2 Å². The van der Waals surface area contributed by atoms with Crippen molar-refractivity contribution < 1.29 is 4.39 Å². The maximum absolute atomic E-state index is 13.3. The van der Waals surface area contributed by atoms with Crippen molar-refractivity contribution in [3.05, 3.63) is 29.6 Å². The highest BCUT2D eigenvalue weighted by molar-refractivity contribution is 5.46. The van der Waals surface area contributed by atoms with E-state index in [4.69, 9.17) is 5.73 Å². The van der Waals surface area contributed by atoms with Gasteiger partial charge in [-0.3, -0.25) is 0 Å². The van der Waals surface area contributed by atoms with Crippen molar-refractivity contribution in [3.63, 3.8) is 0 Å². The van der Waals surface area contributed by atoms with Gasteiger partial charge < -0.3 is 11.1 Å². The molecule has 3 N–H and O–H groups in total. The lowest BCUT2D eigenvalue weighted by Crippen LogP contribution is -2.34. The van der Waals surface area contributed by atoms with Gasteiger partial charge in [0.15, 0.2) is 0 Å². The molecule has 16 heavy (non-hydrogen) atoms. The first-order valence-corrected chi connectivity index (χ1v) is 5.93. The Morgan fingerprint density at radius 1 is 1.38 bits per heavy atom. The van der Waals surface area contributed by atoms with E-state index in [1.165, 1.54) is 0 Å². The summed E-state index contributed by atoms with van der Waals surface area (Å²) in [5.74, 6) is -0.148. The van der Waals surface area contributed by atoms with Crippen LogP contribution in [0.5, 0.6) is 0 Å². The summed E-state index contributed by atoms with van der Waals surface area (Å²) in [6.45, 7) is 1.77. The molecule has 0 spiro atoms. The van der Waals surface area contributed by atoms with Crippen LogP contribution in [-0.4, -0.2) is 12.1 Å². The number of benzene rings is 1. The summed E-state index contributed by atoms with van der Waals surface area (Å²) < 4.78 is 13.3. The summed E-state index contributed by atoms with van der Waals surface area (Å²) in [5, 5.41) is 3.36. The zero-order chi connectivity index (χ0) is 11.5. The third-order valence-electron chi connectivity index (χ3n) is 3.26. The normalized spacial score (nSPS) is 25.4. The maximum Gasteiger partial charge on any atom is 0.128 e. The monoisotopic (exact) mass is 222 g/mol. The molecule has 0 bridgehead atoms. The molecule has 0 saturated heterocycles. The minimum atomic E-state index is -0.148. The van der Waals surface area contributed by atoms with E-state index in [1.54, 1.807) is 19.1 Å². The number of aryl methyl sites for hydroxylation is 1. The molecule has 2 nitrogen and oxygen atoms in total. The molecule has 0 heterocycles. The summed E-state index contributed by atoms with van der Waals surface area (Å²) in [6.07, 6.45) is 4.38. The minimum absolute atomic E-state index is 0.148. The van der Waals surface area contributed by atoms with E-state index in [1.807, 2.05) is 6.07 Å². The topological polar surface area (TPSA) is 38.0 Å². The van der Waals surface area contributed by atoms with Gasteiger partial charge in [-0.1, -0.05) is 6.07 Å². The lowest BCUT2D eigenvalue weighted by atomic mass is 9.91. The Hall–Kier alpha value is -1.09. The number of anilines is 1. The molecule has 2 unspecified atom stereocenters. The van der Waals surface area contributed by atoms with Crippen LogP contribution in [0.25, 0.3) is 0 Å². The van der Waals surface area contributed by atoms with Crippen molar-refractivity contribution in [2.75, 3.05) is 5.32 Å². The molecule has 2 rings (SSSR count). The Bertz CT molecular complexity index is 365. The molecule has 0 radical (unpaired) electrons. The zero-order valence-electron chi connectivity index (χ0n) is 9.67. The summed E-state index contributed by atoms with van der Waals surface area (Å²) >= 11 is 0. The molecule has 1 aliphatic carbocycles. The fraction of sp³-hybridized carbons (Fsp3) is 0.538. The molecule has 0 aromatic heterocycles. The van der Waals surface area contributed by atoms with Crippen molar-refractivity contribution >= 4 is 5.69 Å². The Kier molecular flexibility index (Phi) is 3.44. The highest BCUT2D eigenvalue weighted by atomic mass is 19.1. The summed E-state index contributed by atoms with van der Waals surface area (Å²) in [6, 6.07) is 5.99. The third-order valence-corrected chi connectivity index (χ3v) is 3.26. The van der Waals surface area contributed by atoms with Gasteiger partial charge in [0, 0.05) is 17.8 Å². The molecule has 0 aliphatic heterocycles. The van der Waals surface area contributed by atoms with E-state index in [9.17, 15) is 4.39 Å². The van der Waals surface area contributed by atoms with Crippen molar-refractivity contribution in [1.82, 2.24) is 0 Å². The van der Waals surface area contributed by atoms with Crippen LogP contribution < -0.4 is 11.1 Å². The molecule has 1 aromatic rings. The van der Waals surface area contributed by atoms with E-state index >= 15 is 0 Å². The number of hydrogen-bond acceptors (Lipinski definition) is 2. The van der Waals surface area contributed by atoms with E-state index in [2.05, 4.69) is 5.32 Å². The van der Waals surface area contributed by atoms with E-state index < -0.39 is 0 Å². The number of halogens is 1. The average Bonchev–Trinajstić information content (AvgIpc) is 2.24. The van der Waals surface area contributed by atoms with Crippen LogP contribution in [0.4, 0.5) is 10.1 Å². The number of nitrogens with one attached hydrogen (secondary N) is 1. The predicted octanol–water partition coefficient (Wildman–Crippen LogP) is 2.82. The lowest BCUT2D eigenvalue weighted by molar-refractivity contribution is 0.409. The standard InChI is InChI=1S/C13H19FN2/c1-9-5-6-12(8-13(9)14)16-11-4-2-3-10(15)7-11/h5-6,8,10-11,16H,2-4,7,15H2,1H3. The molecule has 88 valence electrons. The van der Waals surface area contributed by atoms with Gasteiger partial charge in [-0.2, -0.15) is 0 Å². The van der Waals surface area contributed by atoms with Crippen molar-refractivity contribution in [3.8, 4) is 0 Å². The smallest absolute Gasteiger partial charge is 0.128 e. The van der Waals surface area contributed by atoms with Gasteiger partial charge in [0.05, 0.1) is 0 Å². The molecule has 1 aromatic carbocycles. The molecule has 3 heteroatoms. The van der Waals surface area contributed by atoms with E-state index in [0.717, 1.165) is 31.4 Å². The fourth-order valence-corrected chi connectivity index (χ4v) is 2.28. The first-order valence-electron chi connectivity index (χ1n) is 5.93. The van der Waals surface area contributed by atoms with Crippen LogP contribution in [0.3, 0.4) is 0 Å². The van der Waals surface area contributed by atoms with E-state index in [0.29, 0.717) is 17.6 Å². The van der Waals surface area contributed by atoms with Gasteiger partial charge in [0.1, 0.15) is 5.82 Å². The first-order chi connectivity index (χ1) is 7.65. The molecular weight excluding hydrogens is 203 g/mol. The van der Waals surface area contributed by atoms with Gasteiger partial charge in [-0.05, 0) is 50.3 Å². The molecule has 1 fully saturated rings. The second kappa shape index (κ2) is 4.83. The molecule has 1 saturated carbocycles. The van der Waals surface area contributed by atoms with E-state index in [-0.39, 0.29) is 5.82 Å². The van der Waals surface area contributed by atoms with Crippen LogP contribution in [0.1, 0.15) is 31.2 Å². The number of hydrogen-bond donors (Lipinski definition) is 2. The summed E-state index contributed by atoms with van der Waals surface area (Å²) in [5.41, 5.74) is 7.47. The SMILES string of the molecule is Cc1ccc(NC2CCCC(N)C2)cc1F. The van der Waals surface area contributed by atoms with Crippen LogP contribution in [0, 0.1) is 12.7 Å². The van der Waals surface area contributed by atoms with Crippen LogP contribution >= 0.6 is 0 Å². The average molecular weight is 222 g/mol. The highest BCUT2D eigenvalue weighted by Gasteiger charge is 2.18. The van der Waals surface area contributed by atoms with Gasteiger partial charge >= 0.3 is 0 Å².